The van der Waals surface area contributed by atoms with E-state index in [2.05, 4.69) is 12.2 Å². The highest BCUT2D eigenvalue weighted by atomic mass is 35.5. The molecule has 2 aromatic rings. The smallest absolute Gasteiger partial charge is 0.340 e. The molecule has 3 N–H and O–H groups in total. The number of anilines is 2. The van der Waals surface area contributed by atoms with Crippen molar-refractivity contribution < 1.29 is 14.3 Å². The number of nitrogen functional groups attached to an aromatic ring is 1. The number of halogens is 1. The second-order valence-corrected chi connectivity index (χ2v) is 5.34. The number of hydrogen-bond acceptors (Lipinski definition) is 4. The summed E-state index contributed by atoms with van der Waals surface area (Å²) in [6, 6.07) is 11.9. The van der Waals surface area contributed by atoms with Gasteiger partial charge in [-0.15, -0.1) is 0 Å². The Labute approximate surface area is 139 Å². The first-order valence-corrected chi connectivity index (χ1v) is 7.48. The van der Waals surface area contributed by atoms with Gasteiger partial charge in [-0.3, -0.25) is 4.79 Å². The van der Waals surface area contributed by atoms with Gasteiger partial charge in [0.2, 0.25) is 0 Å². The van der Waals surface area contributed by atoms with Gasteiger partial charge in [-0.1, -0.05) is 30.7 Å². The number of rotatable bonds is 5. The van der Waals surface area contributed by atoms with E-state index in [9.17, 15) is 9.59 Å². The van der Waals surface area contributed by atoms with Crippen molar-refractivity contribution in [3.8, 4) is 0 Å². The number of benzene rings is 2. The summed E-state index contributed by atoms with van der Waals surface area (Å²) in [6.45, 7) is 1.66. The highest BCUT2D eigenvalue weighted by Gasteiger charge is 2.13. The fourth-order valence-corrected chi connectivity index (χ4v) is 2.13. The first kappa shape index (κ1) is 16.8. The summed E-state index contributed by atoms with van der Waals surface area (Å²) in [7, 11) is 0. The van der Waals surface area contributed by atoms with Crippen molar-refractivity contribution in [2.75, 3.05) is 17.7 Å². The van der Waals surface area contributed by atoms with Gasteiger partial charge in [-0.2, -0.15) is 0 Å². The predicted molar refractivity (Wildman–Crippen MR) is 90.6 cm³/mol. The zero-order chi connectivity index (χ0) is 16.8. The number of nitrogens with two attached hydrogens (primary N) is 1. The van der Waals surface area contributed by atoms with Crippen LogP contribution in [0.3, 0.4) is 0 Å². The topological polar surface area (TPSA) is 81.4 Å². The van der Waals surface area contributed by atoms with Gasteiger partial charge in [0.25, 0.3) is 5.91 Å². The van der Waals surface area contributed by atoms with Crippen LogP contribution in [0.25, 0.3) is 0 Å². The van der Waals surface area contributed by atoms with Gasteiger partial charge < -0.3 is 15.8 Å². The van der Waals surface area contributed by atoms with Gasteiger partial charge in [0.1, 0.15) is 0 Å². The molecule has 0 unspecified atom stereocenters. The Morgan fingerprint density at radius 1 is 1.17 bits per heavy atom. The molecule has 0 aliphatic carbocycles. The lowest BCUT2D eigenvalue weighted by Gasteiger charge is -2.08. The monoisotopic (exact) mass is 332 g/mol. The van der Waals surface area contributed by atoms with Crippen molar-refractivity contribution in [3.05, 3.63) is 58.6 Å². The van der Waals surface area contributed by atoms with Crippen molar-refractivity contribution in [2.45, 2.75) is 13.3 Å². The molecular weight excluding hydrogens is 316 g/mol. The van der Waals surface area contributed by atoms with Crippen LogP contribution in [0.2, 0.25) is 5.02 Å². The molecule has 0 aromatic heterocycles. The van der Waals surface area contributed by atoms with Gasteiger partial charge in [-0.25, -0.2) is 4.79 Å². The number of hydrogen-bond donors (Lipinski definition) is 2. The minimum Gasteiger partial charge on any atom is -0.452 e. The van der Waals surface area contributed by atoms with Gasteiger partial charge in [0, 0.05) is 16.4 Å². The molecule has 0 radical (unpaired) electrons. The number of amides is 1. The predicted octanol–water partition coefficient (Wildman–Crippen LogP) is 3.28. The molecule has 5 nitrogen and oxygen atoms in total. The van der Waals surface area contributed by atoms with E-state index in [0.717, 1.165) is 6.42 Å². The second-order valence-electron chi connectivity index (χ2n) is 4.91. The molecule has 23 heavy (non-hydrogen) atoms. The highest BCUT2D eigenvalue weighted by Crippen LogP contribution is 2.18. The molecule has 0 aliphatic rings. The summed E-state index contributed by atoms with van der Waals surface area (Å²) in [5.74, 6) is -1.09. The number of ether oxygens (including phenoxy) is 1. The molecule has 0 saturated carbocycles. The number of carbonyl (C=O) groups is 2. The second kappa shape index (κ2) is 7.65. The third-order valence-corrected chi connectivity index (χ3v) is 3.45. The van der Waals surface area contributed by atoms with Crippen molar-refractivity contribution >= 4 is 34.9 Å². The van der Waals surface area contributed by atoms with Crippen molar-refractivity contribution in [1.82, 2.24) is 0 Å². The molecule has 1 amide bonds. The highest BCUT2D eigenvalue weighted by molar-refractivity contribution is 6.31. The SMILES string of the molecule is CCc1ccc(NC(=O)COC(=O)c2ccc(Cl)cc2N)cc1. The van der Waals surface area contributed by atoms with E-state index in [-0.39, 0.29) is 11.3 Å². The quantitative estimate of drug-likeness (QED) is 0.650. The van der Waals surface area contributed by atoms with E-state index in [1.807, 2.05) is 12.1 Å². The maximum Gasteiger partial charge on any atom is 0.340 e. The lowest BCUT2D eigenvalue weighted by Crippen LogP contribution is -2.21. The Bertz CT molecular complexity index is 714. The van der Waals surface area contributed by atoms with Crippen molar-refractivity contribution in [1.29, 1.82) is 0 Å². The number of nitrogens with one attached hydrogen (secondary N) is 1. The fourth-order valence-electron chi connectivity index (χ4n) is 1.95. The van der Waals surface area contributed by atoms with Gasteiger partial charge in [-0.05, 0) is 42.3 Å². The summed E-state index contributed by atoms with van der Waals surface area (Å²) in [4.78, 5) is 23.7. The largest absolute Gasteiger partial charge is 0.452 e. The Kier molecular flexibility index (Phi) is 5.60. The van der Waals surface area contributed by atoms with E-state index >= 15 is 0 Å². The van der Waals surface area contributed by atoms with Crippen LogP contribution in [0.15, 0.2) is 42.5 Å². The molecular formula is C17H17ClN2O3. The van der Waals surface area contributed by atoms with Crippen LogP contribution in [-0.2, 0) is 16.0 Å². The van der Waals surface area contributed by atoms with Crippen LogP contribution in [0.5, 0.6) is 0 Å². The third kappa shape index (κ3) is 4.72. The molecule has 0 bridgehead atoms. The molecule has 0 aliphatic heterocycles. The van der Waals surface area contributed by atoms with Crippen LogP contribution in [0.1, 0.15) is 22.8 Å². The molecule has 0 heterocycles. The van der Waals surface area contributed by atoms with Gasteiger partial charge in [0.15, 0.2) is 6.61 Å². The molecule has 6 heteroatoms. The van der Waals surface area contributed by atoms with E-state index in [0.29, 0.717) is 10.7 Å². The lowest BCUT2D eigenvalue weighted by atomic mass is 10.1. The lowest BCUT2D eigenvalue weighted by molar-refractivity contribution is -0.119. The van der Waals surface area contributed by atoms with Crippen LogP contribution < -0.4 is 11.1 Å². The summed E-state index contributed by atoms with van der Waals surface area (Å²) in [5.41, 5.74) is 7.90. The molecule has 2 rings (SSSR count). The van der Waals surface area contributed by atoms with Crippen LogP contribution in [-0.4, -0.2) is 18.5 Å². The molecule has 0 fully saturated rings. The summed E-state index contributed by atoms with van der Waals surface area (Å²) >= 11 is 5.76. The average Bonchev–Trinajstić information content (AvgIpc) is 2.53. The Morgan fingerprint density at radius 2 is 1.87 bits per heavy atom. The summed E-state index contributed by atoms with van der Waals surface area (Å²) in [5, 5.41) is 3.08. The minimum atomic E-state index is -0.671. The minimum absolute atomic E-state index is 0.175. The molecule has 0 atom stereocenters. The fraction of sp³-hybridized carbons (Fsp3) is 0.176. The van der Waals surface area contributed by atoms with E-state index in [1.54, 1.807) is 12.1 Å². The van der Waals surface area contributed by atoms with E-state index in [1.165, 1.54) is 23.8 Å². The molecule has 0 spiro atoms. The first-order chi connectivity index (χ1) is 11.0. The molecule has 0 saturated heterocycles. The van der Waals surface area contributed by atoms with Crippen LogP contribution in [0, 0.1) is 0 Å². The summed E-state index contributed by atoms with van der Waals surface area (Å²) < 4.78 is 4.95. The number of aryl methyl sites for hydroxylation is 1. The Morgan fingerprint density at radius 3 is 2.48 bits per heavy atom. The van der Waals surface area contributed by atoms with E-state index in [4.69, 9.17) is 22.1 Å². The van der Waals surface area contributed by atoms with Crippen LogP contribution >= 0.6 is 11.6 Å². The van der Waals surface area contributed by atoms with Gasteiger partial charge >= 0.3 is 5.97 Å². The van der Waals surface area contributed by atoms with E-state index < -0.39 is 18.5 Å². The third-order valence-electron chi connectivity index (χ3n) is 3.21. The van der Waals surface area contributed by atoms with Crippen molar-refractivity contribution in [2.24, 2.45) is 0 Å². The number of carbonyl (C=O) groups excluding carboxylic acids is 2. The Balaban J connectivity index is 1.89. The zero-order valence-corrected chi connectivity index (χ0v) is 13.4. The Hall–Kier alpha value is -2.53. The zero-order valence-electron chi connectivity index (χ0n) is 12.6. The van der Waals surface area contributed by atoms with Crippen LogP contribution in [0.4, 0.5) is 11.4 Å². The number of esters is 1. The average molecular weight is 333 g/mol. The van der Waals surface area contributed by atoms with Crippen molar-refractivity contribution in [3.63, 3.8) is 0 Å². The first-order valence-electron chi connectivity index (χ1n) is 7.10. The summed E-state index contributed by atoms with van der Waals surface area (Å²) in [6.07, 6.45) is 0.925. The maximum absolute atomic E-state index is 11.9. The maximum atomic E-state index is 11.9. The normalized spacial score (nSPS) is 10.2. The molecule has 2 aromatic carbocycles. The van der Waals surface area contributed by atoms with Gasteiger partial charge in [0.05, 0.1) is 5.56 Å². The standard InChI is InChI=1S/C17H17ClN2O3/c1-2-11-3-6-13(7-4-11)20-16(21)10-23-17(22)14-8-5-12(18)9-15(14)19/h3-9H,2,10,19H2,1H3,(H,20,21). The molecule has 120 valence electrons.